The Balaban J connectivity index is 1.97. The topological polar surface area (TPSA) is 61.0 Å². The maximum atomic E-state index is 11.9. The van der Waals surface area contributed by atoms with Crippen LogP contribution in [0, 0.1) is 0 Å². The summed E-state index contributed by atoms with van der Waals surface area (Å²) in [6.07, 6.45) is 1.62. The minimum Gasteiger partial charge on any atom is -0.496 e. The molecule has 0 radical (unpaired) electrons. The molecule has 0 atom stereocenters. The Bertz CT molecular complexity index is 761. The molecular weight excluding hydrogens is 338 g/mol. The summed E-state index contributed by atoms with van der Waals surface area (Å²) in [5, 5.41) is 0. The van der Waals surface area contributed by atoms with E-state index in [0.29, 0.717) is 16.2 Å². The Hall–Kier alpha value is -2.34. The highest BCUT2D eigenvalue weighted by Crippen LogP contribution is 2.25. The molecule has 0 N–H and O–H groups in total. The van der Waals surface area contributed by atoms with Crippen molar-refractivity contribution in [3.05, 3.63) is 58.1 Å². The van der Waals surface area contributed by atoms with Crippen LogP contribution in [0.3, 0.4) is 0 Å². The zero-order chi connectivity index (χ0) is 14.8. The summed E-state index contributed by atoms with van der Waals surface area (Å²) in [6, 6.07) is 10.7. The van der Waals surface area contributed by atoms with E-state index in [9.17, 15) is 4.79 Å². The molecule has 5 nitrogen and oxygen atoms in total. The van der Waals surface area contributed by atoms with Crippen molar-refractivity contribution >= 4 is 33.9 Å². The molecule has 106 valence electrons. The number of aliphatic imine (C=N–C) groups is 1. The zero-order valence-corrected chi connectivity index (χ0v) is 12.6. The molecule has 0 saturated heterocycles. The molecule has 0 amide bonds. The van der Waals surface area contributed by atoms with Crippen LogP contribution in [0.25, 0.3) is 6.08 Å². The Morgan fingerprint density at radius 3 is 2.76 bits per heavy atom. The van der Waals surface area contributed by atoms with Crippen molar-refractivity contribution < 1.29 is 18.7 Å². The first-order valence-corrected chi connectivity index (χ1v) is 6.88. The number of hydrogen-bond acceptors (Lipinski definition) is 5. The van der Waals surface area contributed by atoms with Crippen molar-refractivity contribution in [1.29, 1.82) is 0 Å². The van der Waals surface area contributed by atoms with Crippen molar-refractivity contribution in [3.63, 3.8) is 0 Å². The Morgan fingerprint density at radius 1 is 1.24 bits per heavy atom. The van der Waals surface area contributed by atoms with Crippen LogP contribution >= 0.6 is 15.9 Å². The molecule has 2 aromatic rings. The minimum atomic E-state index is -0.525. The molecule has 2 heterocycles. The number of cyclic esters (lactones) is 1. The van der Waals surface area contributed by atoms with Crippen LogP contribution in [0.2, 0.25) is 0 Å². The van der Waals surface area contributed by atoms with Gasteiger partial charge in [-0.1, -0.05) is 18.2 Å². The standard InChI is InChI=1S/C15H10BrNO4/c1-19-11-5-3-2-4-9(11)8-10-15(18)21-14(17-10)12-6-7-13(16)20-12/h2-8H,1H3/b10-8-. The monoisotopic (exact) mass is 347 g/mol. The highest BCUT2D eigenvalue weighted by Gasteiger charge is 2.26. The SMILES string of the molecule is COc1ccccc1/C=C1\N=C(c2ccc(Br)o2)OC1=O. The molecule has 0 saturated carbocycles. The van der Waals surface area contributed by atoms with E-state index in [0.717, 1.165) is 5.56 Å². The van der Waals surface area contributed by atoms with Crippen molar-refractivity contribution in [2.24, 2.45) is 4.99 Å². The molecule has 1 aliphatic rings. The second-order valence-corrected chi connectivity index (χ2v) is 4.96. The molecule has 0 spiro atoms. The third kappa shape index (κ3) is 2.75. The van der Waals surface area contributed by atoms with Crippen LogP contribution in [0.5, 0.6) is 5.75 Å². The van der Waals surface area contributed by atoms with E-state index in [2.05, 4.69) is 20.9 Å². The van der Waals surface area contributed by atoms with Crippen LogP contribution < -0.4 is 4.74 Å². The number of halogens is 1. The highest BCUT2D eigenvalue weighted by atomic mass is 79.9. The summed E-state index contributed by atoms with van der Waals surface area (Å²) >= 11 is 3.19. The van der Waals surface area contributed by atoms with Crippen LogP contribution in [0.4, 0.5) is 0 Å². The van der Waals surface area contributed by atoms with Gasteiger partial charge >= 0.3 is 5.97 Å². The second kappa shape index (κ2) is 5.57. The second-order valence-electron chi connectivity index (χ2n) is 4.18. The number of ether oxygens (including phenoxy) is 2. The summed E-state index contributed by atoms with van der Waals surface area (Å²) in [5.74, 6) is 0.663. The largest absolute Gasteiger partial charge is 0.496 e. The van der Waals surface area contributed by atoms with Crippen molar-refractivity contribution in [2.75, 3.05) is 7.11 Å². The van der Waals surface area contributed by atoms with Gasteiger partial charge in [0.05, 0.1) is 7.11 Å². The van der Waals surface area contributed by atoms with E-state index in [-0.39, 0.29) is 11.6 Å². The number of esters is 1. The normalized spacial score (nSPS) is 16.0. The molecule has 0 bridgehead atoms. The molecular formula is C15H10BrNO4. The van der Waals surface area contributed by atoms with E-state index in [4.69, 9.17) is 13.9 Å². The van der Waals surface area contributed by atoms with Gasteiger partial charge in [0, 0.05) is 5.56 Å². The number of carbonyl (C=O) groups is 1. The number of methoxy groups -OCH3 is 1. The van der Waals surface area contributed by atoms with Gasteiger partial charge in [0.1, 0.15) is 5.75 Å². The van der Waals surface area contributed by atoms with Gasteiger partial charge in [-0.3, -0.25) is 0 Å². The highest BCUT2D eigenvalue weighted by molar-refractivity contribution is 9.10. The number of furan rings is 1. The third-order valence-electron chi connectivity index (χ3n) is 2.84. The fourth-order valence-corrected chi connectivity index (χ4v) is 2.18. The van der Waals surface area contributed by atoms with E-state index < -0.39 is 5.97 Å². The molecule has 1 aliphatic heterocycles. The third-order valence-corrected chi connectivity index (χ3v) is 3.26. The van der Waals surface area contributed by atoms with Crippen LogP contribution in [-0.2, 0) is 9.53 Å². The lowest BCUT2D eigenvalue weighted by Crippen LogP contribution is -2.04. The van der Waals surface area contributed by atoms with Crippen molar-refractivity contribution in [3.8, 4) is 5.75 Å². The van der Waals surface area contributed by atoms with Gasteiger partial charge in [0.25, 0.3) is 5.90 Å². The first-order chi connectivity index (χ1) is 10.2. The smallest absolute Gasteiger partial charge is 0.363 e. The maximum Gasteiger partial charge on any atom is 0.363 e. The van der Waals surface area contributed by atoms with Crippen molar-refractivity contribution in [1.82, 2.24) is 0 Å². The molecule has 6 heteroatoms. The number of rotatable bonds is 3. The molecule has 1 aromatic carbocycles. The lowest BCUT2D eigenvalue weighted by molar-refractivity contribution is -0.130. The molecule has 3 rings (SSSR count). The lowest BCUT2D eigenvalue weighted by atomic mass is 10.1. The summed E-state index contributed by atoms with van der Waals surface area (Å²) in [5.41, 5.74) is 0.944. The van der Waals surface area contributed by atoms with Gasteiger partial charge in [0.2, 0.25) is 0 Å². The Morgan fingerprint density at radius 2 is 2.05 bits per heavy atom. The minimum absolute atomic E-state index is 0.145. The lowest BCUT2D eigenvalue weighted by Gasteiger charge is -2.03. The number of hydrogen-bond donors (Lipinski definition) is 0. The molecule has 21 heavy (non-hydrogen) atoms. The van der Waals surface area contributed by atoms with E-state index in [1.54, 1.807) is 31.4 Å². The van der Waals surface area contributed by atoms with Gasteiger partial charge in [-0.15, -0.1) is 0 Å². The first-order valence-electron chi connectivity index (χ1n) is 6.08. The summed E-state index contributed by atoms with van der Waals surface area (Å²) in [7, 11) is 1.57. The maximum absolute atomic E-state index is 11.9. The van der Waals surface area contributed by atoms with E-state index in [1.807, 2.05) is 18.2 Å². The molecule has 0 aliphatic carbocycles. The number of para-hydroxylation sites is 1. The summed E-state index contributed by atoms with van der Waals surface area (Å²) < 4.78 is 16.2. The van der Waals surface area contributed by atoms with Crippen LogP contribution in [-0.4, -0.2) is 19.0 Å². The van der Waals surface area contributed by atoms with Gasteiger partial charge in [-0.05, 0) is 40.2 Å². The van der Waals surface area contributed by atoms with E-state index in [1.165, 1.54) is 0 Å². The number of nitrogens with zero attached hydrogens (tertiary/aromatic N) is 1. The van der Waals surface area contributed by atoms with E-state index >= 15 is 0 Å². The summed E-state index contributed by atoms with van der Waals surface area (Å²) in [6.45, 7) is 0. The van der Waals surface area contributed by atoms with Crippen LogP contribution in [0.15, 0.2) is 56.2 Å². The quantitative estimate of drug-likeness (QED) is 0.630. The predicted octanol–water partition coefficient (Wildman–Crippen LogP) is 3.40. The fraction of sp³-hybridized carbons (Fsp3) is 0.0667. The average Bonchev–Trinajstić information content (AvgIpc) is 3.06. The molecule has 1 aromatic heterocycles. The number of benzene rings is 1. The Labute approximate surface area is 129 Å². The predicted molar refractivity (Wildman–Crippen MR) is 80.0 cm³/mol. The van der Waals surface area contributed by atoms with Gasteiger partial charge in [-0.2, -0.15) is 0 Å². The Kier molecular flexibility index (Phi) is 3.62. The summed E-state index contributed by atoms with van der Waals surface area (Å²) in [4.78, 5) is 16.0. The van der Waals surface area contributed by atoms with Crippen molar-refractivity contribution in [2.45, 2.75) is 0 Å². The van der Waals surface area contributed by atoms with Gasteiger partial charge < -0.3 is 13.9 Å². The molecule has 0 unspecified atom stereocenters. The first kappa shape index (κ1) is 13.6. The van der Waals surface area contributed by atoms with Gasteiger partial charge in [-0.25, -0.2) is 9.79 Å². The zero-order valence-electron chi connectivity index (χ0n) is 11.0. The fourth-order valence-electron chi connectivity index (χ4n) is 1.88. The van der Waals surface area contributed by atoms with Gasteiger partial charge in [0.15, 0.2) is 16.1 Å². The average molecular weight is 348 g/mol. The van der Waals surface area contributed by atoms with Crippen LogP contribution in [0.1, 0.15) is 11.3 Å². The molecule has 0 fully saturated rings. The number of carbonyl (C=O) groups excluding carboxylic acids is 1.